The Kier molecular flexibility index (Phi) is 5.52. The highest BCUT2D eigenvalue weighted by atomic mass is 32.1. The molecule has 25 heavy (non-hydrogen) atoms. The fraction of sp³-hybridized carbons (Fsp3) is 0.400. The van der Waals surface area contributed by atoms with Crippen molar-refractivity contribution in [3.63, 3.8) is 0 Å². The Labute approximate surface area is 153 Å². The molecule has 1 aliphatic rings. The second-order valence-electron chi connectivity index (χ2n) is 7.12. The number of nitrogens with one attached hydrogen (secondary N) is 1. The average Bonchev–Trinajstić information content (AvgIpc) is 3.05. The molecule has 3 rings (SSSR count). The quantitative estimate of drug-likeness (QED) is 0.655. The lowest BCUT2D eigenvalue weighted by Gasteiger charge is -2.31. The topological polar surface area (TPSA) is 61.4 Å². The maximum Gasteiger partial charge on any atom is 0.168 e. The molecule has 4 nitrogen and oxygen atoms in total. The van der Waals surface area contributed by atoms with E-state index in [1.54, 1.807) is 0 Å². The van der Waals surface area contributed by atoms with Gasteiger partial charge in [0.2, 0.25) is 0 Å². The van der Waals surface area contributed by atoms with Gasteiger partial charge in [0.15, 0.2) is 5.76 Å². The number of aliphatic hydroxyl groups excluding tert-OH is 1. The number of benzene rings is 1. The predicted octanol–water partition coefficient (Wildman–Crippen LogP) is 3.16. The molecule has 2 atom stereocenters. The van der Waals surface area contributed by atoms with Crippen LogP contribution in [0.3, 0.4) is 0 Å². The minimum atomic E-state index is 0.160. The monoisotopic (exact) mass is 354 g/mol. The summed E-state index contributed by atoms with van der Waals surface area (Å²) in [5.74, 6) is 1.47. The summed E-state index contributed by atoms with van der Waals surface area (Å²) in [7, 11) is 0. The van der Waals surface area contributed by atoms with Gasteiger partial charge in [-0.1, -0.05) is 44.2 Å². The van der Waals surface area contributed by atoms with Gasteiger partial charge in [0.05, 0.1) is 18.8 Å². The van der Waals surface area contributed by atoms with Crippen LogP contribution < -0.4 is 4.90 Å². The van der Waals surface area contributed by atoms with Crippen LogP contribution in [0.15, 0.2) is 41.5 Å². The molecular weight excluding hydrogens is 330 g/mol. The van der Waals surface area contributed by atoms with E-state index in [2.05, 4.69) is 24.9 Å². The van der Waals surface area contributed by atoms with Gasteiger partial charge in [-0.25, -0.2) is 4.98 Å². The number of nitriles is 1. The molecule has 1 aromatic heterocycles. The number of aliphatic hydroxyl groups is 1. The van der Waals surface area contributed by atoms with Crippen LogP contribution in [0.1, 0.15) is 25.3 Å². The number of thiazole rings is 1. The zero-order valence-electron chi connectivity index (χ0n) is 14.7. The molecule has 0 radical (unpaired) electrons. The molecule has 2 N–H and O–H groups in total. The number of quaternary nitrogens is 1. The van der Waals surface area contributed by atoms with Gasteiger partial charge in [-0.2, -0.15) is 5.26 Å². The van der Waals surface area contributed by atoms with Crippen molar-refractivity contribution in [1.29, 1.82) is 5.26 Å². The molecule has 0 bridgehead atoms. The first-order valence-corrected chi connectivity index (χ1v) is 9.62. The normalized spacial score (nSPS) is 24.4. The van der Waals surface area contributed by atoms with Gasteiger partial charge in [-0.05, 0) is 6.42 Å². The van der Waals surface area contributed by atoms with Crippen molar-refractivity contribution >= 4 is 16.9 Å². The van der Waals surface area contributed by atoms with Crippen molar-refractivity contribution < 1.29 is 10.0 Å². The second kappa shape index (κ2) is 7.81. The van der Waals surface area contributed by atoms with E-state index >= 15 is 0 Å². The molecule has 2 heterocycles. The first-order chi connectivity index (χ1) is 12.1. The third-order valence-corrected chi connectivity index (χ3v) is 5.54. The van der Waals surface area contributed by atoms with Crippen molar-refractivity contribution in [2.24, 2.45) is 11.8 Å². The maximum absolute atomic E-state index is 10.6. The molecule has 0 aliphatic carbocycles. The maximum atomic E-state index is 10.6. The van der Waals surface area contributed by atoms with Gasteiger partial charge in [-0.15, -0.1) is 11.3 Å². The smallest absolute Gasteiger partial charge is 0.168 e. The Bertz CT molecular complexity index is 781. The first-order valence-electron chi connectivity index (χ1n) is 8.74. The number of rotatable bonds is 4. The molecule has 1 fully saturated rings. The van der Waals surface area contributed by atoms with Gasteiger partial charge < -0.3 is 10.0 Å². The first kappa shape index (κ1) is 17.7. The van der Waals surface area contributed by atoms with Gasteiger partial charge in [0.1, 0.15) is 23.2 Å². The highest BCUT2D eigenvalue weighted by Crippen LogP contribution is 2.26. The molecule has 2 aromatic rings. The Morgan fingerprint density at radius 2 is 1.96 bits per heavy atom. The molecule has 1 saturated heterocycles. The van der Waals surface area contributed by atoms with E-state index < -0.39 is 0 Å². The third-order valence-electron chi connectivity index (χ3n) is 4.68. The highest BCUT2D eigenvalue weighted by molar-refractivity contribution is 7.11. The number of piperidine rings is 1. The molecule has 130 valence electrons. The molecule has 5 heteroatoms. The second-order valence-corrected chi connectivity index (χ2v) is 7.98. The summed E-state index contributed by atoms with van der Waals surface area (Å²) in [4.78, 5) is 5.91. The Balaban J connectivity index is 1.80. The fourth-order valence-corrected chi connectivity index (χ4v) is 4.60. The lowest BCUT2D eigenvalue weighted by Crippen LogP contribution is -3.14. The van der Waals surface area contributed by atoms with Crippen LogP contribution in [0, 0.1) is 23.2 Å². The zero-order chi connectivity index (χ0) is 17.8. The van der Waals surface area contributed by atoms with Gasteiger partial charge >= 0.3 is 0 Å². The van der Waals surface area contributed by atoms with Crippen LogP contribution >= 0.6 is 11.3 Å². The number of likely N-dealkylation sites (tertiary alicyclic amines) is 1. The van der Waals surface area contributed by atoms with Crippen molar-refractivity contribution in [1.82, 2.24) is 4.98 Å². The summed E-state index contributed by atoms with van der Waals surface area (Å²) in [5, 5.41) is 22.7. The fourth-order valence-electron chi connectivity index (χ4n) is 3.76. The van der Waals surface area contributed by atoms with Crippen LogP contribution in [0.25, 0.3) is 16.8 Å². The largest absolute Gasteiger partial charge is 0.506 e. The molecule has 0 amide bonds. The minimum Gasteiger partial charge on any atom is -0.506 e. The molecular formula is C20H24N3OS+. The highest BCUT2D eigenvalue weighted by Gasteiger charge is 2.27. The molecule has 1 aromatic carbocycles. The van der Waals surface area contributed by atoms with Crippen LogP contribution in [-0.4, -0.2) is 29.7 Å². The van der Waals surface area contributed by atoms with Gasteiger partial charge in [0.25, 0.3) is 0 Å². The van der Waals surface area contributed by atoms with E-state index in [1.807, 2.05) is 35.7 Å². The van der Waals surface area contributed by atoms with Gasteiger partial charge in [0, 0.05) is 22.8 Å². The summed E-state index contributed by atoms with van der Waals surface area (Å²) in [6.45, 7) is 7.10. The lowest BCUT2D eigenvalue weighted by molar-refractivity contribution is -0.908. The molecule has 0 saturated carbocycles. The van der Waals surface area contributed by atoms with Crippen molar-refractivity contribution in [3.05, 3.63) is 46.5 Å². The predicted molar refractivity (Wildman–Crippen MR) is 101 cm³/mol. The van der Waals surface area contributed by atoms with Crippen molar-refractivity contribution in [2.45, 2.75) is 20.3 Å². The van der Waals surface area contributed by atoms with E-state index in [9.17, 15) is 10.4 Å². The minimum absolute atomic E-state index is 0.160. The summed E-state index contributed by atoms with van der Waals surface area (Å²) in [6.07, 6.45) is 1.24. The van der Waals surface area contributed by atoms with E-state index in [0.717, 1.165) is 24.3 Å². The van der Waals surface area contributed by atoms with E-state index in [-0.39, 0.29) is 5.76 Å². The summed E-state index contributed by atoms with van der Waals surface area (Å²) in [6, 6.07) is 12.0. The van der Waals surface area contributed by atoms with E-state index in [1.165, 1.54) is 22.7 Å². The number of hydrogen-bond donors (Lipinski definition) is 2. The Morgan fingerprint density at radius 3 is 2.60 bits per heavy atom. The summed E-state index contributed by atoms with van der Waals surface area (Å²) in [5.41, 5.74) is 2.17. The molecule has 0 unspecified atom stereocenters. The number of hydrogen-bond acceptors (Lipinski definition) is 4. The van der Waals surface area contributed by atoms with Crippen LogP contribution in [0.4, 0.5) is 0 Å². The van der Waals surface area contributed by atoms with Crippen molar-refractivity contribution in [3.8, 4) is 17.3 Å². The van der Waals surface area contributed by atoms with Crippen molar-refractivity contribution in [2.75, 3.05) is 19.6 Å². The lowest BCUT2D eigenvalue weighted by atomic mass is 9.92. The Hall–Kier alpha value is -2.16. The van der Waals surface area contributed by atoms with Gasteiger partial charge in [-0.3, -0.25) is 0 Å². The average molecular weight is 354 g/mol. The molecule has 1 aliphatic heterocycles. The SMILES string of the molecule is C[C@@H]1C[C@@H](C)C[NH+](C/C(O)=C(\C#N)c2nc(-c3ccccc3)cs2)C1. The van der Waals surface area contributed by atoms with Crippen LogP contribution in [0.5, 0.6) is 0 Å². The number of allylic oxidation sites excluding steroid dienone is 1. The zero-order valence-corrected chi connectivity index (χ0v) is 15.5. The van der Waals surface area contributed by atoms with E-state index in [0.29, 0.717) is 29.0 Å². The molecule has 0 spiro atoms. The number of nitrogens with zero attached hydrogens (tertiary/aromatic N) is 2. The third kappa shape index (κ3) is 4.28. The van der Waals surface area contributed by atoms with Crippen LogP contribution in [0.2, 0.25) is 0 Å². The Morgan fingerprint density at radius 1 is 1.28 bits per heavy atom. The summed E-state index contributed by atoms with van der Waals surface area (Å²) >= 11 is 1.41. The number of aromatic nitrogens is 1. The van der Waals surface area contributed by atoms with Crippen LogP contribution in [-0.2, 0) is 0 Å². The summed E-state index contributed by atoms with van der Waals surface area (Å²) < 4.78 is 0. The standard InChI is InChI=1S/C20H23N3OS/c1-14-8-15(2)11-23(10-14)12-19(24)17(9-21)20-22-18(13-25-20)16-6-4-3-5-7-16/h3-7,13-15,24H,8,10-12H2,1-2H3/p+1/b19-17-/t14-,15-/m1/s1. The van der Waals surface area contributed by atoms with E-state index in [4.69, 9.17) is 0 Å².